The minimum atomic E-state index is 0.724. The zero-order chi connectivity index (χ0) is 12.3. The molecule has 17 heavy (non-hydrogen) atoms. The Morgan fingerprint density at radius 1 is 1.24 bits per heavy atom. The Labute approximate surface area is 108 Å². The van der Waals surface area contributed by atoms with Gasteiger partial charge in [0.15, 0.2) is 0 Å². The number of hydrogen-bond acceptors (Lipinski definition) is 4. The standard InChI is InChI=1S/C13H21NO2S/c1-3-16-11-17-13-6-4-12(5-7-13)10-14-8-9-15-2/h4-7,14H,3,8-11H2,1-2H3. The first-order valence-corrected chi connectivity index (χ1v) is 6.84. The molecule has 0 spiro atoms. The molecular formula is C13H21NO2S. The van der Waals surface area contributed by atoms with E-state index < -0.39 is 0 Å². The van der Waals surface area contributed by atoms with Gasteiger partial charge in [-0.3, -0.25) is 0 Å². The van der Waals surface area contributed by atoms with Crippen LogP contribution in [0, 0.1) is 0 Å². The second-order valence-corrected chi connectivity index (χ2v) is 4.56. The molecule has 1 aromatic carbocycles. The van der Waals surface area contributed by atoms with E-state index >= 15 is 0 Å². The van der Waals surface area contributed by atoms with Gasteiger partial charge in [0.1, 0.15) is 0 Å². The third-order valence-electron chi connectivity index (χ3n) is 2.25. The van der Waals surface area contributed by atoms with Gasteiger partial charge >= 0.3 is 0 Å². The Kier molecular flexibility index (Phi) is 8.09. The summed E-state index contributed by atoms with van der Waals surface area (Å²) in [6.45, 7) is 5.31. The van der Waals surface area contributed by atoms with Crippen LogP contribution in [0.15, 0.2) is 29.2 Å². The van der Waals surface area contributed by atoms with Crippen molar-refractivity contribution in [2.24, 2.45) is 0 Å². The zero-order valence-electron chi connectivity index (χ0n) is 10.6. The minimum Gasteiger partial charge on any atom is -0.383 e. The van der Waals surface area contributed by atoms with Gasteiger partial charge in [-0.25, -0.2) is 0 Å². The van der Waals surface area contributed by atoms with Crippen LogP contribution in [0.3, 0.4) is 0 Å². The Morgan fingerprint density at radius 3 is 2.65 bits per heavy atom. The lowest BCUT2D eigenvalue weighted by Crippen LogP contribution is -2.18. The van der Waals surface area contributed by atoms with Crippen LogP contribution in [0.5, 0.6) is 0 Å². The van der Waals surface area contributed by atoms with Gasteiger partial charge in [0, 0.05) is 31.7 Å². The summed E-state index contributed by atoms with van der Waals surface area (Å²) in [6, 6.07) is 8.57. The van der Waals surface area contributed by atoms with Gasteiger partial charge in [-0.1, -0.05) is 23.9 Å². The average molecular weight is 255 g/mol. The number of ether oxygens (including phenoxy) is 2. The highest BCUT2D eigenvalue weighted by Crippen LogP contribution is 2.18. The Balaban J connectivity index is 2.24. The predicted octanol–water partition coefficient (Wildman–Crippen LogP) is 2.51. The molecule has 1 aromatic rings. The van der Waals surface area contributed by atoms with Crippen molar-refractivity contribution >= 4 is 11.8 Å². The van der Waals surface area contributed by atoms with Crippen LogP contribution in [0.2, 0.25) is 0 Å². The molecule has 96 valence electrons. The maximum Gasteiger partial charge on any atom is 0.0966 e. The molecule has 0 radical (unpaired) electrons. The largest absolute Gasteiger partial charge is 0.383 e. The molecule has 0 saturated heterocycles. The summed E-state index contributed by atoms with van der Waals surface area (Å²) in [5.41, 5.74) is 1.29. The number of methoxy groups -OCH3 is 1. The molecule has 0 aliphatic carbocycles. The fraction of sp³-hybridized carbons (Fsp3) is 0.538. The summed E-state index contributed by atoms with van der Waals surface area (Å²) in [6.07, 6.45) is 0. The van der Waals surface area contributed by atoms with E-state index in [4.69, 9.17) is 9.47 Å². The first kappa shape index (κ1) is 14.5. The summed E-state index contributed by atoms with van der Waals surface area (Å²) in [7, 11) is 1.71. The van der Waals surface area contributed by atoms with Gasteiger partial charge in [0.25, 0.3) is 0 Å². The third kappa shape index (κ3) is 6.68. The second-order valence-electron chi connectivity index (χ2n) is 3.57. The van der Waals surface area contributed by atoms with Crippen LogP contribution in [0.1, 0.15) is 12.5 Å². The first-order valence-electron chi connectivity index (χ1n) is 5.86. The Bertz CT molecular complexity index is 290. The molecule has 0 unspecified atom stereocenters. The summed E-state index contributed by atoms with van der Waals surface area (Å²) in [5, 5.41) is 3.32. The van der Waals surface area contributed by atoms with Crippen molar-refractivity contribution in [1.29, 1.82) is 0 Å². The number of nitrogens with one attached hydrogen (secondary N) is 1. The molecule has 0 heterocycles. The highest BCUT2D eigenvalue weighted by molar-refractivity contribution is 7.99. The monoisotopic (exact) mass is 255 g/mol. The quantitative estimate of drug-likeness (QED) is 0.417. The smallest absolute Gasteiger partial charge is 0.0966 e. The molecule has 0 bridgehead atoms. The van der Waals surface area contributed by atoms with Crippen molar-refractivity contribution in [2.75, 3.05) is 32.8 Å². The Hall–Kier alpha value is -0.550. The van der Waals surface area contributed by atoms with E-state index in [0.29, 0.717) is 0 Å². The molecule has 0 aliphatic rings. The van der Waals surface area contributed by atoms with Crippen LogP contribution in [0.25, 0.3) is 0 Å². The van der Waals surface area contributed by atoms with Crippen LogP contribution in [0.4, 0.5) is 0 Å². The molecule has 0 atom stereocenters. The lowest BCUT2D eigenvalue weighted by molar-refractivity contribution is 0.199. The van der Waals surface area contributed by atoms with Gasteiger partial charge in [-0.15, -0.1) is 0 Å². The molecule has 1 N–H and O–H groups in total. The van der Waals surface area contributed by atoms with Gasteiger partial charge in [-0.2, -0.15) is 0 Å². The molecule has 0 aliphatic heterocycles. The third-order valence-corrected chi connectivity index (χ3v) is 3.14. The summed E-state index contributed by atoms with van der Waals surface area (Å²) >= 11 is 1.72. The van der Waals surface area contributed by atoms with Gasteiger partial charge < -0.3 is 14.8 Å². The maximum absolute atomic E-state index is 5.30. The van der Waals surface area contributed by atoms with Crippen LogP contribution < -0.4 is 5.32 Å². The number of hydrogen-bond donors (Lipinski definition) is 1. The highest BCUT2D eigenvalue weighted by Gasteiger charge is 1.95. The van der Waals surface area contributed by atoms with Crippen LogP contribution in [-0.4, -0.2) is 32.8 Å². The minimum absolute atomic E-state index is 0.724. The zero-order valence-corrected chi connectivity index (χ0v) is 11.4. The molecule has 0 amide bonds. The number of thioether (sulfide) groups is 1. The van der Waals surface area contributed by atoms with Gasteiger partial charge in [0.2, 0.25) is 0 Å². The van der Waals surface area contributed by atoms with Crippen molar-refractivity contribution in [3.05, 3.63) is 29.8 Å². The van der Waals surface area contributed by atoms with E-state index in [2.05, 4.69) is 29.6 Å². The molecular weight excluding hydrogens is 234 g/mol. The normalized spacial score (nSPS) is 10.7. The lowest BCUT2D eigenvalue weighted by atomic mass is 10.2. The molecule has 1 rings (SSSR count). The van der Waals surface area contributed by atoms with Crippen molar-refractivity contribution in [3.63, 3.8) is 0 Å². The van der Waals surface area contributed by atoms with Gasteiger partial charge in [-0.05, 0) is 24.6 Å². The van der Waals surface area contributed by atoms with Crippen LogP contribution in [-0.2, 0) is 16.0 Å². The van der Waals surface area contributed by atoms with Gasteiger partial charge in [0.05, 0.1) is 12.5 Å². The maximum atomic E-state index is 5.30. The summed E-state index contributed by atoms with van der Waals surface area (Å²) in [5.74, 6) is 0.724. The van der Waals surface area contributed by atoms with E-state index in [1.165, 1.54) is 10.5 Å². The molecule has 0 fully saturated rings. The summed E-state index contributed by atoms with van der Waals surface area (Å²) < 4.78 is 10.3. The van der Waals surface area contributed by atoms with E-state index in [0.717, 1.165) is 32.2 Å². The van der Waals surface area contributed by atoms with E-state index in [9.17, 15) is 0 Å². The van der Waals surface area contributed by atoms with Crippen molar-refractivity contribution in [1.82, 2.24) is 5.32 Å². The van der Waals surface area contributed by atoms with E-state index in [1.807, 2.05) is 6.92 Å². The SMILES string of the molecule is CCOCSc1ccc(CNCCOC)cc1. The summed E-state index contributed by atoms with van der Waals surface area (Å²) in [4.78, 5) is 1.25. The fourth-order valence-electron chi connectivity index (χ4n) is 1.30. The predicted molar refractivity (Wildman–Crippen MR) is 72.4 cm³/mol. The number of benzene rings is 1. The van der Waals surface area contributed by atoms with Crippen molar-refractivity contribution in [3.8, 4) is 0 Å². The second kappa shape index (κ2) is 9.48. The molecule has 0 aromatic heterocycles. The fourth-order valence-corrected chi connectivity index (χ4v) is 2.02. The van der Waals surface area contributed by atoms with E-state index in [-0.39, 0.29) is 0 Å². The average Bonchev–Trinajstić information content (AvgIpc) is 2.37. The topological polar surface area (TPSA) is 30.5 Å². The lowest BCUT2D eigenvalue weighted by Gasteiger charge is -2.06. The Morgan fingerprint density at radius 2 is 2.00 bits per heavy atom. The first-order chi connectivity index (χ1) is 8.36. The van der Waals surface area contributed by atoms with E-state index in [1.54, 1.807) is 18.9 Å². The number of rotatable bonds is 9. The van der Waals surface area contributed by atoms with Crippen LogP contribution >= 0.6 is 11.8 Å². The van der Waals surface area contributed by atoms with Crippen molar-refractivity contribution in [2.45, 2.75) is 18.4 Å². The molecule has 0 saturated carbocycles. The van der Waals surface area contributed by atoms with Crippen molar-refractivity contribution < 1.29 is 9.47 Å². The highest BCUT2D eigenvalue weighted by atomic mass is 32.2. The molecule has 3 nitrogen and oxygen atoms in total. The molecule has 4 heteroatoms.